The van der Waals surface area contributed by atoms with Crippen molar-refractivity contribution in [1.82, 2.24) is 10.2 Å². The number of nitrogens with zero attached hydrogens (tertiary/aromatic N) is 2. The van der Waals surface area contributed by atoms with Crippen LogP contribution in [0.5, 0.6) is 0 Å². The first kappa shape index (κ1) is 15.4. The zero-order valence-electron chi connectivity index (χ0n) is 11.9. The number of benzene rings is 1. The van der Waals surface area contributed by atoms with Crippen molar-refractivity contribution in [2.75, 3.05) is 33.3 Å². The number of hydrogen-bond acceptors (Lipinski definition) is 5. The van der Waals surface area contributed by atoms with Gasteiger partial charge in [0.05, 0.1) is 24.1 Å². The van der Waals surface area contributed by atoms with Crippen LogP contribution in [0.2, 0.25) is 0 Å². The molecule has 1 aromatic rings. The quantitative estimate of drug-likeness (QED) is 0.634. The normalized spacial score (nSPS) is 18.5. The summed E-state index contributed by atoms with van der Waals surface area (Å²) in [6, 6.07) is 6.36. The second-order valence-electron chi connectivity index (χ2n) is 4.95. The number of para-hydroxylation sites is 1. The minimum atomic E-state index is -0.453. The van der Waals surface area contributed by atoms with E-state index in [-0.39, 0.29) is 24.1 Å². The molecule has 21 heavy (non-hydrogen) atoms. The third-order valence-electron chi connectivity index (χ3n) is 3.45. The number of nitrogens with one attached hydrogen (secondary N) is 1. The summed E-state index contributed by atoms with van der Waals surface area (Å²) in [6.07, 6.45) is 0.0159. The first-order chi connectivity index (χ1) is 10.1. The monoisotopic (exact) mass is 293 g/mol. The van der Waals surface area contributed by atoms with E-state index in [1.807, 2.05) is 7.05 Å². The number of carbonyl (C=O) groups is 1. The molecular weight excluding hydrogens is 274 g/mol. The standard InChI is InChI=1S/C14H19N3O4/c1-15-9-12-10-16(6-7-21-12)14(18)8-11-4-2-3-5-13(11)17(19)20/h2-5,12,15H,6-10H2,1H3. The van der Waals surface area contributed by atoms with Crippen LogP contribution in [0, 0.1) is 10.1 Å². The summed E-state index contributed by atoms with van der Waals surface area (Å²) < 4.78 is 5.55. The minimum absolute atomic E-state index is 0.00844. The van der Waals surface area contributed by atoms with E-state index in [4.69, 9.17) is 4.74 Å². The maximum atomic E-state index is 12.3. The lowest BCUT2D eigenvalue weighted by molar-refractivity contribution is -0.385. The Labute approximate surface area is 123 Å². The van der Waals surface area contributed by atoms with Crippen molar-refractivity contribution in [3.8, 4) is 0 Å². The Hall–Kier alpha value is -1.99. The summed E-state index contributed by atoms with van der Waals surface area (Å²) in [4.78, 5) is 24.5. The van der Waals surface area contributed by atoms with Crippen LogP contribution in [0.1, 0.15) is 5.56 Å². The first-order valence-electron chi connectivity index (χ1n) is 6.88. The minimum Gasteiger partial charge on any atom is -0.373 e. The highest BCUT2D eigenvalue weighted by Crippen LogP contribution is 2.19. The lowest BCUT2D eigenvalue weighted by Crippen LogP contribution is -2.49. The molecule has 1 atom stereocenters. The van der Waals surface area contributed by atoms with Gasteiger partial charge in [-0.15, -0.1) is 0 Å². The number of ether oxygens (including phenoxy) is 1. The SMILES string of the molecule is CNCC1CN(C(=O)Cc2ccccc2[N+](=O)[O-])CCO1. The molecule has 7 nitrogen and oxygen atoms in total. The van der Waals surface area contributed by atoms with Gasteiger partial charge in [0, 0.05) is 31.3 Å². The summed E-state index contributed by atoms with van der Waals surface area (Å²) in [7, 11) is 1.83. The van der Waals surface area contributed by atoms with Gasteiger partial charge in [0.2, 0.25) is 5.91 Å². The van der Waals surface area contributed by atoms with Gasteiger partial charge in [0.15, 0.2) is 0 Å². The smallest absolute Gasteiger partial charge is 0.273 e. The van der Waals surface area contributed by atoms with Crippen LogP contribution in [0.4, 0.5) is 5.69 Å². The number of amides is 1. The molecule has 1 N–H and O–H groups in total. The predicted octanol–water partition coefficient (Wildman–Crippen LogP) is 0.584. The van der Waals surface area contributed by atoms with Crippen LogP contribution >= 0.6 is 0 Å². The van der Waals surface area contributed by atoms with Gasteiger partial charge >= 0.3 is 0 Å². The van der Waals surface area contributed by atoms with Gasteiger partial charge in [0.25, 0.3) is 5.69 Å². The highest BCUT2D eigenvalue weighted by Gasteiger charge is 2.25. The lowest BCUT2D eigenvalue weighted by Gasteiger charge is -2.33. The summed E-state index contributed by atoms with van der Waals surface area (Å²) in [6.45, 7) is 2.21. The molecule has 0 bridgehead atoms. The maximum absolute atomic E-state index is 12.3. The zero-order chi connectivity index (χ0) is 15.2. The Morgan fingerprint density at radius 1 is 1.52 bits per heavy atom. The van der Waals surface area contributed by atoms with Crippen molar-refractivity contribution < 1.29 is 14.5 Å². The second-order valence-corrected chi connectivity index (χ2v) is 4.95. The third-order valence-corrected chi connectivity index (χ3v) is 3.45. The number of carbonyl (C=O) groups excluding carboxylic acids is 1. The maximum Gasteiger partial charge on any atom is 0.273 e. The molecule has 1 fully saturated rings. The van der Waals surface area contributed by atoms with E-state index in [1.54, 1.807) is 23.1 Å². The fourth-order valence-electron chi connectivity index (χ4n) is 2.41. The molecule has 1 unspecified atom stereocenters. The number of hydrogen-bond donors (Lipinski definition) is 1. The van der Waals surface area contributed by atoms with Crippen molar-refractivity contribution in [1.29, 1.82) is 0 Å². The number of nitro benzene ring substituents is 1. The van der Waals surface area contributed by atoms with Crippen molar-refractivity contribution in [2.24, 2.45) is 0 Å². The number of nitro groups is 1. The molecule has 2 rings (SSSR count). The molecule has 1 amide bonds. The fraction of sp³-hybridized carbons (Fsp3) is 0.500. The number of morpholine rings is 1. The zero-order valence-corrected chi connectivity index (χ0v) is 11.9. The Morgan fingerprint density at radius 2 is 2.29 bits per heavy atom. The summed E-state index contributed by atoms with van der Waals surface area (Å²) in [5.41, 5.74) is 0.440. The fourth-order valence-corrected chi connectivity index (χ4v) is 2.41. The Balaban J connectivity index is 2.03. The molecule has 1 aliphatic heterocycles. The van der Waals surface area contributed by atoms with E-state index in [9.17, 15) is 14.9 Å². The summed E-state index contributed by atoms with van der Waals surface area (Å²) in [5.74, 6) is -0.103. The van der Waals surface area contributed by atoms with Gasteiger partial charge in [0.1, 0.15) is 0 Å². The van der Waals surface area contributed by atoms with Crippen LogP contribution in [0.25, 0.3) is 0 Å². The van der Waals surface area contributed by atoms with Crippen LogP contribution in [0.3, 0.4) is 0 Å². The van der Waals surface area contributed by atoms with Gasteiger partial charge in [-0.1, -0.05) is 18.2 Å². The molecule has 0 aromatic heterocycles. The molecule has 0 saturated carbocycles. The lowest BCUT2D eigenvalue weighted by atomic mass is 10.1. The number of likely N-dealkylation sites (N-methyl/N-ethyl adjacent to an activating group) is 1. The van der Waals surface area contributed by atoms with E-state index in [1.165, 1.54) is 6.07 Å². The van der Waals surface area contributed by atoms with Crippen molar-refractivity contribution in [3.05, 3.63) is 39.9 Å². The molecule has 0 radical (unpaired) electrons. The van der Waals surface area contributed by atoms with Crippen LogP contribution in [0.15, 0.2) is 24.3 Å². The predicted molar refractivity (Wildman–Crippen MR) is 77.0 cm³/mol. The Bertz CT molecular complexity index is 519. The van der Waals surface area contributed by atoms with E-state index in [2.05, 4.69) is 5.32 Å². The highest BCUT2D eigenvalue weighted by atomic mass is 16.6. The molecule has 1 heterocycles. The molecule has 114 valence electrons. The van der Waals surface area contributed by atoms with Gasteiger partial charge in [-0.3, -0.25) is 14.9 Å². The molecule has 0 aliphatic carbocycles. The highest BCUT2D eigenvalue weighted by molar-refractivity contribution is 5.80. The molecule has 7 heteroatoms. The largest absolute Gasteiger partial charge is 0.373 e. The van der Waals surface area contributed by atoms with Gasteiger partial charge in [-0.25, -0.2) is 0 Å². The van der Waals surface area contributed by atoms with Crippen LogP contribution in [-0.2, 0) is 16.0 Å². The van der Waals surface area contributed by atoms with Crippen molar-refractivity contribution in [2.45, 2.75) is 12.5 Å². The van der Waals surface area contributed by atoms with Gasteiger partial charge in [-0.05, 0) is 7.05 Å². The van der Waals surface area contributed by atoms with Crippen molar-refractivity contribution in [3.63, 3.8) is 0 Å². The third kappa shape index (κ3) is 3.99. The molecule has 1 aliphatic rings. The molecule has 0 spiro atoms. The first-order valence-corrected chi connectivity index (χ1v) is 6.88. The number of rotatable bonds is 5. The van der Waals surface area contributed by atoms with Gasteiger partial charge < -0.3 is 15.0 Å². The molecular formula is C14H19N3O4. The average Bonchev–Trinajstić information content (AvgIpc) is 2.48. The van der Waals surface area contributed by atoms with E-state index < -0.39 is 4.92 Å². The van der Waals surface area contributed by atoms with Crippen molar-refractivity contribution >= 4 is 11.6 Å². The molecule has 1 saturated heterocycles. The Morgan fingerprint density at radius 3 is 3.00 bits per heavy atom. The van der Waals surface area contributed by atoms with E-state index >= 15 is 0 Å². The molecule has 1 aromatic carbocycles. The van der Waals surface area contributed by atoms with Crippen LogP contribution < -0.4 is 5.32 Å². The van der Waals surface area contributed by atoms with E-state index in [0.717, 1.165) is 0 Å². The Kier molecular flexibility index (Phi) is 5.24. The summed E-state index contributed by atoms with van der Waals surface area (Å²) >= 11 is 0. The van der Waals surface area contributed by atoms with Crippen LogP contribution in [-0.4, -0.2) is 55.1 Å². The van der Waals surface area contributed by atoms with Gasteiger partial charge in [-0.2, -0.15) is 0 Å². The van der Waals surface area contributed by atoms with E-state index in [0.29, 0.717) is 31.8 Å². The second kappa shape index (κ2) is 7.14. The summed E-state index contributed by atoms with van der Waals surface area (Å²) in [5, 5.41) is 14.0. The topological polar surface area (TPSA) is 84.7 Å². The average molecular weight is 293 g/mol.